The Morgan fingerprint density at radius 3 is 2.00 bits per heavy atom. The van der Waals surface area contributed by atoms with E-state index in [2.05, 4.69) is 72.5 Å². The van der Waals surface area contributed by atoms with Crippen LogP contribution in [0.15, 0.2) is 60.7 Å². The molecule has 1 aliphatic heterocycles. The first-order chi connectivity index (χ1) is 12.8. The van der Waals surface area contributed by atoms with Crippen molar-refractivity contribution in [3.63, 3.8) is 0 Å². The third-order valence-corrected chi connectivity index (χ3v) is 7.02. The molecule has 138 valence electrons. The van der Waals surface area contributed by atoms with Gasteiger partial charge in [0.25, 0.3) is 0 Å². The summed E-state index contributed by atoms with van der Waals surface area (Å²) in [7, 11) is 0. The number of rotatable bonds is 4. The Hall–Kier alpha value is -1.60. The molecule has 1 nitrogen and oxygen atoms in total. The number of benzene rings is 2. The predicted molar refractivity (Wildman–Crippen MR) is 110 cm³/mol. The molecule has 0 N–H and O–H groups in total. The van der Waals surface area contributed by atoms with Crippen LogP contribution >= 0.6 is 0 Å². The topological polar surface area (TPSA) is 3.24 Å². The second-order valence-corrected chi connectivity index (χ2v) is 8.76. The van der Waals surface area contributed by atoms with Gasteiger partial charge in [0, 0.05) is 6.04 Å². The lowest BCUT2D eigenvalue weighted by atomic mass is 9.65. The van der Waals surface area contributed by atoms with Gasteiger partial charge in [0.2, 0.25) is 0 Å². The van der Waals surface area contributed by atoms with Crippen molar-refractivity contribution >= 4 is 0 Å². The summed E-state index contributed by atoms with van der Waals surface area (Å²) in [6, 6.07) is 23.3. The molecule has 0 atom stereocenters. The summed E-state index contributed by atoms with van der Waals surface area (Å²) < 4.78 is 0. The lowest BCUT2D eigenvalue weighted by Crippen LogP contribution is -2.46. The smallest absolute Gasteiger partial charge is 0.00959 e. The van der Waals surface area contributed by atoms with Gasteiger partial charge < -0.3 is 4.90 Å². The summed E-state index contributed by atoms with van der Waals surface area (Å²) in [5.41, 5.74) is 3.36. The highest BCUT2D eigenvalue weighted by atomic mass is 15.2. The van der Waals surface area contributed by atoms with Gasteiger partial charge in [0.1, 0.15) is 0 Å². The van der Waals surface area contributed by atoms with E-state index in [1.54, 1.807) is 5.56 Å². The highest BCUT2D eigenvalue weighted by Gasteiger charge is 2.38. The Morgan fingerprint density at radius 2 is 1.38 bits per heavy atom. The van der Waals surface area contributed by atoms with Crippen LogP contribution < -0.4 is 0 Å². The van der Waals surface area contributed by atoms with Gasteiger partial charge in [-0.05, 0) is 80.5 Å². The molecule has 1 heterocycles. The molecular formula is C25H33N. The van der Waals surface area contributed by atoms with Crippen LogP contribution in [0.3, 0.4) is 0 Å². The van der Waals surface area contributed by atoms with E-state index in [1.165, 1.54) is 63.6 Å². The van der Waals surface area contributed by atoms with Crippen LogP contribution in [0.4, 0.5) is 0 Å². The van der Waals surface area contributed by atoms with E-state index in [9.17, 15) is 0 Å². The van der Waals surface area contributed by atoms with E-state index in [0.29, 0.717) is 5.41 Å². The zero-order chi connectivity index (χ0) is 17.8. The summed E-state index contributed by atoms with van der Waals surface area (Å²) in [6.45, 7) is 5.06. The van der Waals surface area contributed by atoms with Crippen LogP contribution in [0.5, 0.6) is 0 Å². The highest BCUT2D eigenvalue weighted by Crippen LogP contribution is 2.43. The van der Waals surface area contributed by atoms with E-state index in [-0.39, 0.29) is 0 Å². The van der Waals surface area contributed by atoms with E-state index in [4.69, 9.17) is 0 Å². The Bertz CT molecular complexity index is 662. The minimum absolute atomic E-state index is 0.322. The molecule has 0 radical (unpaired) electrons. The second-order valence-electron chi connectivity index (χ2n) is 8.76. The van der Waals surface area contributed by atoms with Gasteiger partial charge in [-0.1, -0.05) is 67.6 Å². The quantitative estimate of drug-likeness (QED) is 0.671. The van der Waals surface area contributed by atoms with Crippen molar-refractivity contribution in [3.8, 4) is 0 Å². The largest absolute Gasteiger partial charge is 0.300 e. The number of nitrogens with zero attached hydrogens (tertiary/aromatic N) is 1. The average Bonchev–Trinajstić information content (AvgIpc) is 2.71. The van der Waals surface area contributed by atoms with E-state index < -0.39 is 0 Å². The van der Waals surface area contributed by atoms with E-state index in [1.807, 2.05) is 0 Å². The Labute approximate surface area is 159 Å². The first-order valence-corrected chi connectivity index (χ1v) is 10.6. The molecule has 0 aromatic heterocycles. The molecular weight excluding hydrogens is 314 g/mol. The number of hydrogen-bond donors (Lipinski definition) is 0. The number of piperidine rings is 1. The minimum atomic E-state index is 0.322. The van der Waals surface area contributed by atoms with Crippen LogP contribution in [-0.2, 0) is 11.8 Å². The van der Waals surface area contributed by atoms with Crippen molar-refractivity contribution < 1.29 is 0 Å². The molecule has 0 amide bonds. The fourth-order valence-electron chi connectivity index (χ4n) is 5.26. The highest BCUT2D eigenvalue weighted by molar-refractivity contribution is 5.30. The van der Waals surface area contributed by atoms with Gasteiger partial charge >= 0.3 is 0 Å². The van der Waals surface area contributed by atoms with Gasteiger partial charge in [0.05, 0.1) is 0 Å². The van der Waals surface area contributed by atoms with Crippen LogP contribution in [-0.4, -0.2) is 24.0 Å². The summed E-state index contributed by atoms with van der Waals surface area (Å²) in [6.07, 6.45) is 9.33. The third-order valence-electron chi connectivity index (χ3n) is 7.02. The molecule has 4 rings (SSSR count). The Kier molecular flexibility index (Phi) is 5.45. The van der Waals surface area contributed by atoms with Crippen LogP contribution in [0, 0.1) is 5.92 Å². The van der Waals surface area contributed by atoms with E-state index in [0.717, 1.165) is 12.0 Å². The van der Waals surface area contributed by atoms with Crippen molar-refractivity contribution in [1.82, 2.24) is 4.90 Å². The Balaban J connectivity index is 1.51. The fourth-order valence-corrected chi connectivity index (χ4v) is 5.26. The molecule has 1 aliphatic carbocycles. The van der Waals surface area contributed by atoms with Crippen LogP contribution in [0.25, 0.3) is 0 Å². The predicted octanol–water partition coefficient (Wildman–Crippen LogP) is 5.84. The first-order valence-electron chi connectivity index (χ1n) is 10.6. The number of hydrogen-bond acceptors (Lipinski definition) is 1. The van der Waals surface area contributed by atoms with Crippen LogP contribution in [0.1, 0.15) is 56.6 Å². The van der Waals surface area contributed by atoms with Gasteiger partial charge in [-0.2, -0.15) is 0 Å². The van der Waals surface area contributed by atoms with Crippen molar-refractivity contribution in [2.24, 2.45) is 5.92 Å². The maximum Gasteiger partial charge on any atom is 0.00959 e. The summed E-state index contributed by atoms with van der Waals surface area (Å²) in [5, 5.41) is 0. The zero-order valence-electron chi connectivity index (χ0n) is 16.2. The molecule has 2 aromatic carbocycles. The van der Waals surface area contributed by atoms with Gasteiger partial charge in [-0.3, -0.25) is 0 Å². The standard InChI is InChI=1S/C25H33N/c1-21-14-18-26(19-15-21)24-12-16-25(17-13-24,23-10-6-3-7-11-23)20-22-8-4-2-5-9-22/h2-11,21,24H,12-20H2,1H3. The maximum absolute atomic E-state index is 2.80. The lowest BCUT2D eigenvalue weighted by molar-refractivity contribution is 0.0891. The zero-order valence-corrected chi connectivity index (χ0v) is 16.2. The number of likely N-dealkylation sites (tertiary alicyclic amines) is 1. The van der Waals surface area contributed by atoms with Crippen molar-refractivity contribution in [1.29, 1.82) is 0 Å². The van der Waals surface area contributed by atoms with Crippen molar-refractivity contribution in [3.05, 3.63) is 71.8 Å². The van der Waals surface area contributed by atoms with Gasteiger partial charge in [-0.15, -0.1) is 0 Å². The molecule has 2 aliphatic rings. The van der Waals surface area contributed by atoms with E-state index >= 15 is 0 Å². The molecule has 1 saturated heterocycles. The summed E-state index contributed by atoms with van der Waals surface area (Å²) in [4.78, 5) is 2.80. The monoisotopic (exact) mass is 347 g/mol. The molecule has 0 bridgehead atoms. The lowest BCUT2D eigenvalue weighted by Gasteiger charge is -2.46. The van der Waals surface area contributed by atoms with Crippen molar-refractivity contribution in [2.75, 3.05) is 13.1 Å². The SMILES string of the molecule is CC1CCN(C2CCC(Cc3ccccc3)(c3ccccc3)CC2)CC1. The van der Waals surface area contributed by atoms with Crippen LogP contribution in [0.2, 0.25) is 0 Å². The minimum Gasteiger partial charge on any atom is -0.300 e. The first kappa shape index (κ1) is 17.8. The summed E-state index contributed by atoms with van der Waals surface area (Å²) >= 11 is 0. The molecule has 2 fully saturated rings. The van der Waals surface area contributed by atoms with Crippen molar-refractivity contribution in [2.45, 2.75) is 63.3 Å². The van der Waals surface area contributed by atoms with Gasteiger partial charge in [0.15, 0.2) is 0 Å². The average molecular weight is 348 g/mol. The molecule has 1 saturated carbocycles. The summed E-state index contributed by atoms with van der Waals surface area (Å²) in [5.74, 6) is 0.927. The fraction of sp³-hybridized carbons (Fsp3) is 0.520. The molecule has 1 heteroatoms. The molecule has 0 unspecified atom stereocenters. The van der Waals surface area contributed by atoms with Gasteiger partial charge in [-0.25, -0.2) is 0 Å². The normalized spacial score (nSPS) is 28.1. The maximum atomic E-state index is 2.80. The molecule has 2 aromatic rings. The third kappa shape index (κ3) is 3.88. The molecule has 0 spiro atoms. The molecule has 26 heavy (non-hydrogen) atoms. The Morgan fingerprint density at radius 1 is 0.808 bits per heavy atom. The second kappa shape index (κ2) is 7.96.